The zero-order valence-corrected chi connectivity index (χ0v) is 14.4. The molecule has 3 rings (SSSR count). The first kappa shape index (κ1) is 15.4. The average Bonchev–Trinajstić information content (AvgIpc) is 2.89. The highest BCUT2D eigenvalue weighted by Gasteiger charge is 2.43. The number of primary amides is 1. The van der Waals surface area contributed by atoms with Gasteiger partial charge in [0.05, 0.1) is 16.8 Å². The van der Waals surface area contributed by atoms with E-state index in [1.165, 1.54) is 0 Å². The molecule has 0 spiro atoms. The Kier molecular flexibility index (Phi) is 3.30. The van der Waals surface area contributed by atoms with Gasteiger partial charge in [-0.3, -0.25) is 4.79 Å². The van der Waals surface area contributed by atoms with Gasteiger partial charge in [0.1, 0.15) is 11.3 Å². The molecule has 1 aromatic rings. The molecule has 6 heteroatoms. The summed E-state index contributed by atoms with van der Waals surface area (Å²) in [6.07, 6.45) is 4.01. The molecule has 120 valence electrons. The van der Waals surface area contributed by atoms with Crippen molar-refractivity contribution in [3.05, 3.63) is 28.5 Å². The Morgan fingerprint density at radius 1 is 1.41 bits per heavy atom. The van der Waals surface area contributed by atoms with Crippen LogP contribution in [0.2, 0.25) is 0 Å². The smallest absolute Gasteiger partial charge is 0.252 e. The molecule has 0 bridgehead atoms. The zero-order chi connectivity index (χ0) is 16.3. The lowest BCUT2D eigenvalue weighted by Crippen LogP contribution is -2.42. The minimum Gasteiger partial charge on any atom is -0.477 e. The normalized spacial score (nSPS) is 25.0. The van der Waals surface area contributed by atoms with Gasteiger partial charge in [0.25, 0.3) is 5.91 Å². The van der Waals surface area contributed by atoms with E-state index in [4.69, 9.17) is 15.2 Å². The third kappa shape index (κ3) is 2.30. The fourth-order valence-corrected chi connectivity index (χ4v) is 4.79. The van der Waals surface area contributed by atoms with Crippen LogP contribution in [-0.4, -0.2) is 17.7 Å². The second kappa shape index (κ2) is 4.73. The molecule has 0 saturated carbocycles. The highest BCUT2D eigenvalue weighted by atomic mass is 32.1. The predicted octanol–water partition coefficient (Wildman–Crippen LogP) is 3.09. The van der Waals surface area contributed by atoms with Gasteiger partial charge < -0.3 is 20.1 Å². The Morgan fingerprint density at radius 2 is 2.09 bits per heavy atom. The van der Waals surface area contributed by atoms with E-state index in [2.05, 4.69) is 0 Å². The molecule has 1 atom stereocenters. The van der Waals surface area contributed by atoms with E-state index in [1.54, 1.807) is 17.6 Å². The van der Waals surface area contributed by atoms with E-state index < -0.39 is 11.5 Å². The van der Waals surface area contributed by atoms with Crippen LogP contribution >= 0.6 is 11.3 Å². The molecule has 0 fully saturated rings. The van der Waals surface area contributed by atoms with Gasteiger partial charge in [-0.05, 0) is 40.2 Å². The van der Waals surface area contributed by atoms with Gasteiger partial charge in [0.2, 0.25) is 0 Å². The van der Waals surface area contributed by atoms with Crippen molar-refractivity contribution in [2.75, 3.05) is 4.90 Å². The van der Waals surface area contributed by atoms with Crippen LogP contribution in [0, 0.1) is 0 Å². The molecule has 0 radical (unpaired) electrons. The van der Waals surface area contributed by atoms with Crippen LogP contribution in [0.15, 0.2) is 12.5 Å². The second-order valence-corrected chi connectivity index (χ2v) is 7.93. The summed E-state index contributed by atoms with van der Waals surface area (Å²) in [5.74, 6) is -0.395. The zero-order valence-electron chi connectivity index (χ0n) is 13.6. The number of carbonyl (C=O) groups is 1. The van der Waals surface area contributed by atoms with E-state index in [0.29, 0.717) is 12.0 Å². The minimum atomic E-state index is -0.447. The number of carbonyl (C=O) groups excluding carboxylic acids is 1. The lowest BCUT2D eigenvalue weighted by Gasteiger charge is -2.41. The quantitative estimate of drug-likeness (QED) is 0.909. The number of anilines is 1. The summed E-state index contributed by atoms with van der Waals surface area (Å²) in [5, 5.41) is 0.841. The van der Waals surface area contributed by atoms with E-state index >= 15 is 0 Å². The van der Waals surface area contributed by atoms with Crippen LogP contribution in [0.4, 0.5) is 5.00 Å². The molecule has 0 aromatic carbocycles. The van der Waals surface area contributed by atoms with Crippen molar-refractivity contribution < 1.29 is 14.3 Å². The number of ether oxygens (including phenoxy) is 2. The third-order valence-corrected chi connectivity index (χ3v) is 5.59. The summed E-state index contributed by atoms with van der Waals surface area (Å²) in [7, 11) is 0. The van der Waals surface area contributed by atoms with Gasteiger partial charge in [0, 0.05) is 17.5 Å². The van der Waals surface area contributed by atoms with Gasteiger partial charge in [-0.2, -0.15) is 0 Å². The third-order valence-electron chi connectivity index (χ3n) is 4.04. The molecule has 1 aromatic heterocycles. The first-order valence-electron chi connectivity index (χ1n) is 7.39. The Morgan fingerprint density at radius 3 is 2.64 bits per heavy atom. The van der Waals surface area contributed by atoms with E-state index in [-0.39, 0.29) is 11.8 Å². The first-order valence-corrected chi connectivity index (χ1v) is 8.20. The summed E-state index contributed by atoms with van der Waals surface area (Å²) in [6, 6.07) is 0. The molecular weight excluding hydrogens is 300 g/mol. The number of hydrogen-bond acceptors (Lipinski definition) is 5. The number of thiophene rings is 1. The lowest BCUT2D eigenvalue weighted by molar-refractivity contribution is -0.135. The lowest BCUT2D eigenvalue weighted by atomic mass is 9.86. The maximum absolute atomic E-state index is 12.1. The average molecular weight is 322 g/mol. The maximum atomic E-state index is 12.1. The van der Waals surface area contributed by atoms with Gasteiger partial charge >= 0.3 is 0 Å². The van der Waals surface area contributed by atoms with Crippen LogP contribution in [0.3, 0.4) is 0 Å². The SMILES string of the molecule is CC1OC=CN1c1sc2c(c1C(N)=O)CC(C)(C)OC2(C)C. The van der Waals surface area contributed by atoms with Gasteiger partial charge in [-0.25, -0.2) is 0 Å². The number of hydrogen-bond donors (Lipinski definition) is 1. The van der Waals surface area contributed by atoms with Crippen LogP contribution in [-0.2, 0) is 21.5 Å². The fourth-order valence-electron chi connectivity index (χ4n) is 3.38. The molecule has 0 aliphatic carbocycles. The van der Waals surface area contributed by atoms with Crippen molar-refractivity contribution in [2.45, 2.75) is 58.5 Å². The molecule has 5 nitrogen and oxygen atoms in total. The summed E-state index contributed by atoms with van der Waals surface area (Å²) in [6.45, 7) is 10.1. The van der Waals surface area contributed by atoms with Crippen LogP contribution < -0.4 is 10.6 Å². The van der Waals surface area contributed by atoms with Crippen molar-refractivity contribution in [3.63, 3.8) is 0 Å². The highest BCUT2D eigenvalue weighted by Crippen LogP contribution is 2.49. The minimum absolute atomic E-state index is 0.143. The van der Waals surface area contributed by atoms with Crippen molar-refractivity contribution >= 4 is 22.2 Å². The summed E-state index contributed by atoms with van der Waals surface area (Å²) < 4.78 is 11.7. The van der Waals surface area contributed by atoms with Gasteiger partial charge in [-0.1, -0.05) is 0 Å². The second-order valence-electron chi connectivity index (χ2n) is 6.93. The monoisotopic (exact) mass is 322 g/mol. The Hall–Kier alpha value is -1.53. The Bertz CT molecular complexity index is 661. The largest absolute Gasteiger partial charge is 0.477 e. The van der Waals surface area contributed by atoms with E-state index in [0.717, 1.165) is 15.4 Å². The summed E-state index contributed by atoms with van der Waals surface area (Å²) in [5.41, 5.74) is 6.55. The predicted molar refractivity (Wildman–Crippen MR) is 86.9 cm³/mol. The Balaban J connectivity index is 2.21. The van der Waals surface area contributed by atoms with E-state index in [9.17, 15) is 4.79 Å². The number of nitrogens with two attached hydrogens (primary N) is 1. The number of fused-ring (bicyclic) bond motifs is 1. The summed E-state index contributed by atoms with van der Waals surface area (Å²) >= 11 is 1.57. The topological polar surface area (TPSA) is 64.8 Å². The van der Waals surface area contributed by atoms with Crippen LogP contribution in [0.25, 0.3) is 0 Å². The number of nitrogens with zero attached hydrogens (tertiary/aromatic N) is 1. The number of amides is 1. The molecule has 2 aliphatic rings. The van der Waals surface area contributed by atoms with E-state index in [1.807, 2.05) is 45.7 Å². The van der Waals surface area contributed by atoms with Crippen LogP contribution in [0.5, 0.6) is 0 Å². The molecular formula is C16H22N2O3S. The maximum Gasteiger partial charge on any atom is 0.252 e. The highest BCUT2D eigenvalue weighted by molar-refractivity contribution is 7.17. The molecule has 22 heavy (non-hydrogen) atoms. The molecule has 1 unspecified atom stereocenters. The molecule has 3 heterocycles. The van der Waals surface area contributed by atoms with Gasteiger partial charge in [0.15, 0.2) is 6.23 Å². The molecule has 2 aliphatic heterocycles. The molecule has 2 N–H and O–H groups in total. The van der Waals surface area contributed by atoms with Crippen molar-refractivity contribution in [1.29, 1.82) is 0 Å². The van der Waals surface area contributed by atoms with Crippen LogP contribution in [0.1, 0.15) is 55.4 Å². The van der Waals surface area contributed by atoms with Crippen molar-refractivity contribution in [2.24, 2.45) is 5.73 Å². The van der Waals surface area contributed by atoms with Crippen molar-refractivity contribution in [1.82, 2.24) is 0 Å². The van der Waals surface area contributed by atoms with Gasteiger partial charge in [-0.15, -0.1) is 11.3 Å². The molecule has 1 amide bonds. The summed E-state index contributed by atoms with van der Waals surface area (Å²) in [4.78, 5) is 15.2. The molecule has 0 saturated heterocycles. The standard InChI is InChI=1S/C16H22N2O3S/c1-9-18(6-7-20-9)14-11(13(17)19)10-8-15(2,3)21-16(4,5)12(10)22-14/h6-7,9H,8H2,1-5H3,(H2,17,19). The Labute approximate surface area is 134 Å². The van der Waals surface area contributed by atoms with Crippen molar-refractivity contribution in [3.8, 4) is 0 Å². The fraction of sp³-hybridized carbons (Fsp3) is 0.562. The first-order chi connectivity index (χ1) is 10.1. The number of rotatable bonds is 2.